The zero-order chi connectivity index (χ0) is 15.2. The lowest BCUT2D eigenvalue weighted by Crippen LogP contribution is -2.33. The van der Waals surface area contributed by atoms with Gasteiger partial charge in [-0.2, -0.15) is 0 Å². The van der Waals surface area contributed by atoms with Gasteiger partial charge in [-0.3, -0.25) is 0 Å². The first-order valence-electron chi connectivity index (χ1n) is 8.81. The van der Waals surface area contributed by atoms with Crippen LogP contribution in [0.5, 0.6) is 0 Å². The van der Waals surface area contributed by atoms with Crippen molar-refractivity contribution < 1.29 is 14.6 Å². The minimum Gasteiger partial charge on any atom is -0.394 e. The van der Waals surface area contributed by atoms with Crippen LogP contribution in [0, 0.1) is 0 Å². The topological polar surface area (TPSA) is 38.7 Å². The fourth-order valence-corrected chi connectivity index (χ4v) is 2.89. The Hall–Kier alpha value is -0.380. The molecule has 0 aromatic heterocycles. The maximum atomic E-state index is 9.08. The van der Waals surface area contributed by atoms with Gasteiger partial charge in [-0.15, -0.1) is 6.58 Å². The van der Waals surface area contributed by atoms with E-state index in [1.165, 1.54) is 64.2 Å². The number of aliphatic hydroxyl groups is 1. The van der Waals surface area contributed by atoms with E-state index < -0.39 is 0 Å². The molecule has 21 heavy (non-hydrogen) atoms. The Bertz CT molecular complexity index is 243. The molecule has 2 atom stereocenters. The fraction of sp³-hybridized carbons (Fsp3) is 0.889. The largest absolute Gasteiger partial charge is 0.394 e. The number of hydrogen-bond donors (Lipinski definition) is 1. The molecule has 124 valence electrons. The van der Waals surface area contributed by atoms with Crippen molar-refractivity contribution in [2.75, 3.05) is 13.4 Å². The molecule has 1 aliphatic rings. The molecule has 3 nitrogen and oxygen atoms in total. The Kier molecular flexibility index (Phi) is 11.8. The molecule has 0 aromatic rings. The Balaban J connectivity index is 1.81. The monoisotopic (exact) mass is 298 g/mol. The highest BCUT2D eigenvalue weighted by atomic mass is 16.7. The quantitative estimate of drug-likeness (QED) is 0.399. The number of ether oxygens (including phenoxy) is 2. The second kappa shape index (κ2) is 13.3. The van der Waals surface area contributed by atoms with Crippen molar-refractivity contribution in [3.63, 3.8) is 0 Å². The van der Waals surface area contributed by atoms with E-state index in [9.17, 15) is 0 Å². The van der Waals surface area contributed by atoms with Crippen molar-refractivity contribution in [3.8, 4) is 0 Å². The maximum Gasteiger partial charge on any atom is 0.147 e. The second-order valence-electron chi connectivity index (χ2n) is 6.16. The third-order valence-electron chi connectivity index (χ3n) is 4.27. The minimum absolute atomic E-state index is 0.00941. The summed E-state index contributed by atoms with van der Waals surface area (Å²) in [6.07, 6.45) is 17.5. The van der Waals surface area contributed by atoms with Crippen LogP contribution in [0.25, 0.3) is 0 Å². The SMILES string of the molecule is C=CCCCCCCCCCCC[C@@H]1C[C@H](CO)OCO1. The lowest BCUT2D eigenvalue weighted by atomic mass is 10.0. The molecule has 1 aliphatic heterocycles. The summed E-state index contributed by atoms with van der Waals surface area (Å²) in [4.78, 5) is 0. The summed E-state index contributed by atoms with van der Waals surface area (Å²) in [7, 11) is 0. The molecule has 0 radical (unpaired) electrons. The van der Waals surface area contributed by atoms with E-state index in [0.717, 1.165) is 12.8 Å². The number of aliphatic hydroxyl groups excluding tert-OH is 1. The van der Waals surface area contributed by atoms with Gasteiger partial charge in [0.25, 0.3) is 0 Å². The lowest BCUT2D eigenvalue weighted by Gasteiger charge is -2.28. The molecule has 0 saturated carbocycles. The first kappa shape index (κ1) is 18.7. The maximum absolute atomic E-state index is 9.08. The molecular weight excluding hydrogens is 264 g/mol. The summed E-state index contributed by atoms with van der Waals surface area (Å²) in [5.74, 6) is 0. The van der Waals surface area contributed by atoms with E-state index in [4.69, 9.17) is 14.6 Å². The van der Waals surface area contributed by atoms with Crippen LogP contribution in [0.15, 0.2) is 12.7 Å². The number of hydrogen-bond acceptors (Lipinski definition) is 3. The van der Waals surface area contributed by atoms with Crippen LogP contribution < -0.4 is 0 Å². The summed E-state index contributed by atoms with van der Waals surface area (Å²) >= 11 is 0. The highest BCUT2D eigenvalue weighted by Crippen LogP contribution is 2.19. The third-order valence-corrected chi connectivity index (χ3v) is 4.27. The Morgan fingerprint density at radius 1 is 0.857 bits per heavy atom. The van der Waals surface area contributed by atoms with Crippen LogP contribution in [0.1, 0.15) is 77.0 Å². The molecule has 0 aromatic carbocycles. The Morgan fingerprint density at radius 3 is 2.05 bits per heavy atom. The van der Waals surface area contributed by atoms with Crippen molar-refractivity contribution in [2.24, 2.45) is 0 Å². The predicted molar refractivity (Wildman–Crippen MR) is 87.3 cm³/mol. The van der Waals surface area contributed by atoms with Crippen molar-refractivity contribution >= 4 is 0 Å². The van der Waals surface area contributed by atoms with Gasteiger partial charge in [-0.1, -0.05) is 57.4 Å². The molecule has 3 heteroatoms. The van der Waals surface area contributed by atoms with E-state index in [0.29, 0.717) is 12.9 Å². The number of allylic oxidation sites excluding steroid dienone is 1. The highest BCUT2D eigenvalue weighted by molar-refractivity contribution is 4.69. The predicted octanol–water partition coefficient (Wildman–Crippen LogP) is 4.59. The van der Waals surface area contributed by atoms with E-state index in [1.54, 1.807) is 0 Å². The summed E-state index contributed by atoms with van der Waals surface area (Å²) in [6, 6.07) is 0. The van der Waals surface area contributed by atoms with Gasteiger partial charge in [-0.25, -0.2) is 0 Å². The van der Waals surface area contributed by atoms with Gasteiger partial charge in [0, 0.05) is 6.42 Å². The van der Waals surface area contributed by atoms with E-state index >= 15 is 0 Å². The van der Waals surface area contributed by atoms with Crippen molar-refractivity contribution in [1.82, 2.24) is 0 Å². The molecule has 0 aliphatic carbocycles. The zero-order valence-electron chi connectivity index (χ0n) is 13.6. The van der Waals surface area contributed by atoms with E-state index in [1.807, 2.05) is 6.08 Å². The molecule has 1 saturated heterocycles. The molecule has 1 heterocycles. The summed E-state index contributed by atoms with van der Waals surface area (Å²) in [5, 5.41) is 9.08. The molecule has 1 N–H and O–H groups in total. The normalized spacial score (nSPS) is 22.3. The molecule has 1 fully saturated rings. The van der Waals surface area contributed by atoms with Gasteiger partial charge in [0.15, 0.2) is 0 Å². The number of rotatable bonds is 13. The third kappa shape index (κ3) is 10.0. The summed E-state index contributed by atoms with van der Waals surface area (Å²) in [6.45, 7) is 4.22. The Labute approximate surface area is 130 Å². The zero-order valence-corrected chi connectivity index (χ0v) is 13.6. The van der Waals surface area contributed by atoms with Crippen molar-refractivity contribution in [2.45, 2.75) is 89.3 Å². The van der Waals surface area contributed by atoms with Crippen LogP contribution in [0.3, 0.4) is 0 Å². The number of unbranched alkanes of at least 4 members (excludes halogenated alkanes) is 9. The molecular formula is C18H34O3. The minimum atomic E-state index is -0.00941. The molecule has 0 bridgehead atoms. The summed E-state index contributed by atoms with van der Waals surface area (Å²) < 4.78 is 10.8. The van der Waals surface area contributed by atoms with Crippen molar-refractivity contribution in [1.29, 1.82) is 0 Å². The first-order valence-corrected chi connectivity index (χ1v) is 8.81. The Morgan fingerprint density at radius 2 is 1.43 bits per heavy atom. The van der Waals surface area contributed by atoms with Crippen LogP contribution in [-0.4, -0.2) is 30.7 Å². The highest BCUT2D eigenvalue weighted by Gasteiger charge is 2.21. The summed E-state index contributed by atoms with van der Waals surface area (Å²) in [5.41, 5.74) is 0. The van der Waals surface area contributed by atoms with E-state index in [-0.39, 0.29) is 12.7 Å². The van der Waals surface area contributed by atoms with Gasteiger partial charge in [0.05, 0.1) is 18.8 Å². The fourth-order valence-electron chi connectivity index (χ4n) is 2.89. The molecule has 0 spiro atoms. The second-order valence-corrected chi connectivity index (χ2v) is 6.16. The van der Waals surface area contributed by atoms with E-state index in [2.05, 4.69) is 6.58 Å². The van der Waals surface area contributed by atoms with Crippen LogP contribution >= 0.6 is 0 Å². The lowest BCUT2D eigenvalue weighted by molar-refractivity contribution is -0.185. The van der Waals surface area contributed by atoms with Gasteiger partial charge in [0.2, 0.25) is 0 Å². The van der Waals surface area contributed by atoms with Gasteiger partial charge >= 0.3 is 0 Å². The average molecular weight is 298 g/mol. The standard InChI is InChI=1S/C18H34O3/c1-2-3-4-5-6-7-8-9-10-11-12-13-17-14-18(15-19)21-16-20-17/h2,17-19H,1,3-16H2/t17-,18-/m1/s1. The first-order chi connectivity index (χ1) is 10.4. The average Bonchev–Trinajstić information content (AvgIpc) is 2.53. The smallest absolute Gasteiger partial charge is 0.147 e. The van der Waals surface area contributed by atoms with Gasteiger partial charge < -0.3 is 14.6 Å². The van der Waals surface area contributed by atoms with Crippen LogP contribution in [0.2, 0.25) is 0 Å². The van der Waals surface area contributed by atoms with Crippen LogP contribution in [-0.2, 0) is 9.47 Å². The molecule has 1 rings (SSSR count). The van der Waals surface area contributed by atoms with Gasteiger partial charge in [0.1, 0.15) is 6.79 Å². The molecule has 0 amide bonds. The van der Waals surface area contributed by atoms with Crippen molar-refractivity contribution in [3.05, 3.63) is 12.7 Å². The van der Waals surface area contributed by atoms with Gasteiger partial charge in [-0.05, 0) is 19.3 Å². The van der Waals surface area contributed by atoms with Crippen LogP contribution in [0.4, 0.5) is 0 Å². The molecule has 0 unspecified atom stereocenters.